The minimum Gasteiger partial charge on any atom is -0.490 e. The number of nitro groups is 1. The van der Waals surface area contributed by atoms with Crippen LogP contribution < -0.4 is 9.64 Å². The predicted molar refractivity (Wildman–Crippen MR) is 131 cm³/mol. The molecule has 34 heavy (non-hydrogen) atoms. The Morgan fingerprint density at radius 3 is 2.21 bits per heavy atom. The number of piperidine rings is 2. The van der Waals surface area contributed by atoms with Crippen LogP contribution in [0, 0.1) is 22.5 Å². The van der Waals surface area contributed by atoms with Gasteiger partial charge in [-0.2, -0.15) is 0 Å². The fourth-order valence-electron chi connectivity index (χ4n) is 5.56. The number of rotatable bonds is 4. The third-order valence-electron chi connectivity index (χ3n) is 7.75. The van der Waals surface area contributed by atoms with Gasteiger partial charge in [0.2, 0.25) is 0 Å². The summed E-state index contributed by atoms with van der Waals surface area (Å²) in [4.78, 5) is 29.8. The second-order valence-electron chi connectivity index (χ2n) is 11.1. The van der Waals surface area contributed by atoms with Crippen LogP contribution in [0.4, 0.5) is 16.2 Å². The Morgan fingerprint density at radius 2 is 1.68 bits per heavy atom. The Bertz CT molecular complexity index is 920. The molecule has 3 aliphatic rings. The number of benzene rings is 1. The monoisotopic (exact) mass is 474 g/mol. The van der Waals surface area contributed by atoms with E-state index >= 15 is 0 Å². The van der Waals surface area contributed by atoms with Crippen LogP contribution in [0.3, 0.4) is 0 Å². The molecule has 0 N–H and O–H groups in total. The molecule has 0 unspecified atom stereocenters. The summed E-state index contributed by atoms with van der Waals surface area (Å²) in [7, 11) is 1.48. The van der Waals surface area contributed by atoms with E-state index in [1.807, 2.05) is 33.8 Å². The average Bonchev–Trinajstić information content (AvgIpc) is 2.73. The van der Waals surface area contributed by atoms with Crippen LogP contribution in [0.5, 0.6) is 5.75 Å². The number of aryl methyl sites for hydroxylation is 1. The summed E-state index contributed by atoms with van der Waals surface area (Å²) in [5.74, 6) is 0.320. The third kappa shape index (κ3) is 5.09. The summed E-state index contributed by atoms with van der Waals surface area (Å²) in [6.45, 7) is 13.2. The average molecular weight is 475 g/mol. The van der Waals surface area contributed by atoms with Crippen molar-refractivity contribution in [2.24, 2.45) is 5.41 Å². The highest BCUT2D eigenvalue weighted by molar-refractivity contribution is 5.69. The smallest absolute Gasteiger partial charge is 0.410 e. The molecule has 0 radical (unpaired) electrons. The lowest BCUT2D eigenvalue weighted by Crippen LogP contribution is -2.63. The first-order valence-corrected chi connectivity index (χ1v) is 12.3. The lowest BCUT2D eigenvalue weighted by molar-refractivity contribution is -0.385. The summed E-state index contributed by atoms with van der Waals surface area (Å²) in [5, 5.41) is 11.3. The van der Waals surface area contributed by atoms with Gasteiger partial charge in [0.1, 0.15) is 5.60 Å². The van der Waals surface area contributed by atoms with Gasteiger partial charge in [-0.3, -0.25) is 15.0 Å². The van der Waals surface area contributed by atoms with Crippen molar-refractivity contribution in [3.05, 3.63) is 27.8 Å². The summed E-state index contributed by atoms with van der Waals surface area (Å²) >= 11 is 0. The molecule has 3 fully saturated rings. The summed E-state index contributed by atoms with van der Waals surface area (Å²) in [5.41, 5.74) is 1.89. The minimum absolute atomic E-state index is 0.0193. The van der Waals surface area contributed by atoms with E-state index in [9.17, 15) is 14.9 Å². The van der Waals surface area contributed by atoms with Crippen molar-refractivity contribution >= 4 is 17.5 Å². The predicted octanol–water partition coefficient (Wildman–Crippen LogP) is 4.21. The Labute approximate surface area is 202 Å². The molecular formula is C25H38N4O5. The van der Waals surface area contributed by atoms with Gasteiger partial charge in [-0.05, 0) is 77.4 Å². The Balaban J connectivity index is 1.28. The second kappa shape index (κ2) is 9.24. The van der Waals surface area contributed by atoms with Gasteiger partial charge in [0.25, 0.3) is 0 Å². The topological polar surface area (TPSA) is 88.4 Å². The minimum atomic E-state index is -0.452. The van der Waals surface area contributed by atoms with E-state index < -0.39 is 5.60 Å². The van der Waals surface area contributed by atoms with Crippen molar-refractivity contribution in [3.63, 3.8) is 0 Å². The second-order valence-corrected chi connectivity index (χ2v) is 11.1. The van der Waals surface area contributed by atoms with Gasteiger partial charge in [0, 0.05) is 50.0 Å². The van der Waals surface area contributed by atoms with Crippen molar-refractivity contribution in [1.82, 2.24) is 9.80 Å². The van der Waals surface area contributed by atoms with Crippen LogP contribution in [-0.2, 0) is 4.74 Å². The van der Waals surface area contributed by atoms with E-state index in [-0.39, 0.29) is 16.7 Å². The molecule has 0 bridgehead atoms. The van der Waals surface area contributed by atoms with Crippen molar-refractivity contribution in [2.45, 2.75) is 65.0 Å². The number of anilines is 1. The quantitative estimate of drug-likeness (QED) is 0.477. The highest BCUT2D eigenvalue weighted by Gasteiger charge is 2.43. The number of likely N-dealkylation sites (tertiary alicyclic amines) is 2. The zero-order valence-electron chi connectivity index (χ0n) is 21.1. The maximum atomic E-state index is 12.2. The first kappa shape index (κ1) is 24.6. The molecule has 0 atom stereocenters. The largest absolute Gasteiger partial charge is 0.490 e. The van der Waals surface area contributed by atoms with E-state index in [0.29, 0.717) is 17.2 Å². The van der Waals surface area contributed by atoms with Crippen LogP contribution >= 0.6 is 0 Å². The van der Waals surface area contributed by atoms with Crippen molar-refractivity contribution in [1.29, 1.82) is 0 Å². The van der Waals surface area contributed by atoms with Crippen LogP contribution in [0.2, 0.25) is 0 Å². The first-order chi connectivity index (χ1) is 16.0. The molecule has 9 heteroatoms. The maximum Gasteiger partial charge on any atom is 0.410 e. The molecule has 3 aliphatic heterocycles. The molecule has 4 rings (SSSR count). The highest BCUT2D eigenvalue weighted by Crippen LogP contribution is 2.44. The van der Waals surface area contributed by atoms with Gasteiger partial charge in [-0.25, -0.2) is 4.79 Å². The molecule has 0 aromatic heterocycles. The normalized spacial score (nSPS) is 21.3. The van der Waals surface area contributed by atoms with Crippen LogP contribution in [0.25, 0.3) is 0 Å². The molecular weight excluding hydrogens is 436 g/mol. The fourth-order valence-corrected chi connectivity index (χ4v) is 5.56. The fraction of sp³-hybridized carbons (Fsp3) is 0.720. The molecule has 1 aromatic rings. The van der Waals surface area contributed by atoms with Gasteiger partial charge in [-0.15, -0.1) is 0 Å². The Morgan fingerprint density at radius 1 is 1.09 bits per heavy atom. The van der Waals surface area contributed by atoms with Gasteiger partial charge in [0.15, 0.2) is 5.75 Å². The van der Waals surface area contributed by atoms with E-state index in [2.05, 4.69) is 9.80 Å². The Hall–Kier alpha value is -2.55. The van der Waals surface area contributed by atoms with Crippen molar-refractivity contribution in [3.8, 4) is 5.75 Å². The summed E-state index contributed by atoms with van der Waals surface area (Å²) in [6.07, 6.45) is 4.43. The standard InChI is InChI=1S/C25H38N4O5/c1-18-14-21(29(31)32)22(33-5)15-20(18)27-12-8-25(9-13-27)6-10-26(11-7-25)19-16-28(17-19)23(30)34-24(2,3)4/h14-15,19H,6-13,16-17H2,1-5H3. The lowest BCUT2D eigenvalue weighted by Gasteiger charge is -2.52. The number of hydrogen-bond acceptors (Lipinski definition) is 7. The number of ether oxygens (including phenoxy) is 2. The molecule has 9 nitrogen and oxygen atoms in total. The molecule has 3 heterocycles. The SMILES string of the molecule is COc1cc(N2CCC3(CC2)CCN(C2CN(C(=O)OC(C)(C)C)C2)CC3)c(C)cc1[N+](=O)[O-]. The van der Waals surface area contributed by atoms with Gasteiger partial charge >= 0.3 is 11.8 Å². The van der Waals surface area contributed by atoms with Gasteiger partial charge in [-0.1, -0.05) is 0 Å². The number of nitrogens with zero attached hydrogens (tertiary/aromatic N) is 4. The number of methoxy groups -OCH3 is 1. The first-order valence-electron chi connectivity index (χ1n) is 12.3. The van der Waals surface area contributed by atoms with E-state index in [0.717, 1.165) is 63.4 Å². The van der Waals surface area contributed by atoms with Gasteiger partial charge in [0.05, 0.1) is 12.0 Å². The molecule has 188 valence electrons. The maximum absolute atomic E-state index is 12.2. The van der Waals surface area contributed by atoms with Crippen molar-refractivity contribution in [2.75, 3.05) is 51.3 Å². The number of carbonyl (C=O) groups is 1. The zero-order chi connectivity index (χ0) is 24.7. The number of hydrogen-bond donors (Lipinski definition) is 0. The van der Waals surface area contributed by atoms with Crippen molar-refractivity contribution < 1.29 is 19.2 Å². The molecule has 1 aromatic carbocycles. The molecule has 1 amide bonds. The van der Waals surface area contributed by atoms with E-state index in [1.54, 1.807) is 11.0 Å². The molecule has 0 saturated carbocycles. The molecule has 0 aliphatic carbocycles. The molecule has 3 saturated heterocycles. The van der Waals surface area contributed by atoms with E-state index in [1.165, 1.54) is 20.0 Å². The van der Waals surface area contributed by atoms with Gasteiger partial charge < -0.3 is 19.3 Å². The lowest BCUT2D eigenvalue weighted by atomic mass is 9.71. The number of carbonyl (C=O) groups excluding carboxylic acids is 1. The molecule has 1 spiro atoms. The van der Waals surface area contributed by atoms with Crippen LogP contribution in [0.1, 0.15) is 52.0 Å². The summed E-state index contributed by atoms with van der Waals surface area (Å²) < 4.78 is 10.8. The third-order valence-corrected chi connectivity index (χ3v) is 7.75. The number of amides is 1. The Kier molecular flexibility index (Phi) is 6.68. The number of nitro benzene ring substituents is 1. The summed E-state index contributed by atoms with van der Waals surface area (Å²) in [6, 6.07) is 3.89. The van der Waals surface area contributed by atoms with Crippen LogP contribution in [0.15, 0.2) is 12.1 Å². The van der Waals surface area contributed by atoms with E-state index in [4.69, 9.17) is 9.47 Å². The highest BCUT2D eigenvalue weighted by atomic mass is 16.6. The zero-order valence-corrected chi connectivity index (χ0v) is 21.1. The van der Waals surface area contributed by atoms with Crippen LogP contribution in [-0.4, -0.2) is 78.8 Å².